The Morgan fingerprint density at radius 3 is 2.82 bits per heavy atom. The number of carboxylic acid groups (broad SMARTS) is 1. The average molecular weight is 252 g/mol. The smallest absolute Gasteiger partial charge is 0.337 e. The number of carboxylic acids is 1. The normalized spacial score (nSPS) is 16.5. The minimum Gasteiger partial charge on any atom is -0.478 e. The zero-order valence-electron chi connectivity index (χ0n) is 9.69. The first-order valence-corrected chi connectivity index (χ1v) is 6.71. The number of carbonyl (C=O) groups is 1. The number of aromatic carboxylic acids is 1. The van der Waals surface area contributed by atoms with Crippen molar-refractivity contribution in [3.63, 3.8) is 0 Å². The van der Waals surface area contributed by atoms with E-state index in [4.69, 9.17) is 10.8 Å². The number of thioether (sulfide) groups is 1. The molecule has 0 heterocycles. The van der Waals surface area contributed by atoms with E-state index in [1.165, 1.54) is 12.8 Å². The van der Waals surface area contributed by atoms with E-state index in [2.05, 4.69) is 11.6 Å². The molecule has 1 saturated carbocycles. The minimum atomic E-state index is -0.950. The molecule has 0 aliphatic heterocycles. The number of benzene rings is 1. The van der Waals surface area contributed by atoms with Gasteiger partial charge in [0.1, 0.15) is 0 Å². The molecule has 1 aliphatic carbocycles. The van der Waals surface area contributed by atoms with Crippen LogP contribution in [-0.2, 0) is 0 Å². The van der Waals surface area contributed by atoms with Gasteiger partial charge in [0.2, 0.25) is 0 Å². The Morgan fingerprint density at radius 2 is 2.29 bits per heavy atom. The zero-order chi connectivity index (χ0) is 12.5. The first-order chi connectivity index (χ1) is 8.08. The van der Waals surface area contributed by atoms with Gasteiger partial charge in [-0.05, 0) is 31.2 Å². The maximum Gasteiger partial charge on any atom is 0.337 e. The summed E-state index contributed by atoms with van der Waals surface area (Å²) in [6, 6.07) is 4.94. The molecule has 2 rings (SSSR count). The van der Waals surface area contributed by atoms with E-state index in [9.17, 15) is 4.79 Å². The highest BCUT2D eigenvalue weighted by atomic mass is 32.2. The fraction of sp³-hybridized carbons (Fsp3) is 0.417. The van der Waals surface area contributed by atoms with Crippen molar-refractivity contribution in [1.82, 2.24) is 0 Å². The van der Waals surface area contributed by atoms with Crippen LogP contribution in [0.3, 0.4) is 0 Å². The maximum absolute atomic E-state index is 11.1. The fourth-order valence-electron chi connectivity index (χ4n) is 1.79. The summed E-state index contributed by atoms with van der Waals surface area (Å²) >= 11 is 1.83. The molecule has 0 spiro atoms. The van der Waals surface area contributed by atoms with Crippen molar-refractivity contribution in [2.24, 2.45) is 0 Å². The summed E-state index contributed by atoms with van der Waals surface area (Å²) in [4.78, 5) is 11.1. The van der Waals surface area contributed by atoms with E-state index < -0.39 is 5.97 Å². The van der Waals surface area contributed by atoms with Crippen LogP contribution in [0.2, 0.25) is 0 Å². The van der Waals surface area contributed by atoms with Gasteiger partial charge in [0.05, 0.1) is 16.9 Å². The molecule has 1 aromatic carbocycles. The average Bonchev–Trinajstić information content (AvgIpc) is 3.08. The molecule has 0 atom stereocenters. The SMILES string of the molecule is CSC1(CNc2c(N)cccc2C(=O)O)CC1. The number of rotatable bonds is 5. The van der Waals surface area contributed by atoms with Crippen molar-refractivity contribution < 1.29 is 9.90 Å². The van der Waals surface area contributed by atoms with Gasteiger partial charge in [0.25, 0.3) is 0 Å². The zero-order valence-corrected chi connectivity index (χ0v) is 10.5. The van der Waals surface area contributed by atoms with Crippen molar-refractivity contribution in [2.45, 2.75) is 17.6 Å². The summed E-state index contributed by atoms with van der Waals surface area (Å²) < 4.78 is 0.276. The molecule has 1 fully saturated rings. The molecule has 4 N–H and O–H groups in total. The molecule has 0 bridgehead atoms. The highest BCUT2D eigenvalue weighted by Crippen LogP contribution is 2.47. The Kier molecular flexibility index (Phi) is 3.19. The topological polar surface area (TPSA) is 75.3 Å². The van der Waals surface area contributed by atoms with E-state index in [0.717, 1.165) is 6.54 Å². The van der Waals surface area contributed by atoms with Crippen molar-refractivity contribution >= 4 is 29.1 Å². The Balaban J connectivity index is 2.17. The second kappa shape index (κ2) is 4.49. The van der Waals surface area contributed by atoms with Crippen molar-refractivity contribution in [3.8, 4) is 0 Å². The summed E-state index contributed by atoms with van der Waals surface area (Å²) in [6.45, 7) is 0.767. The van der Waals surface area contributed by atoms with Crippen LogP contribution >= 0.6 is 11.8 Å². The van der Waals surface area contributed by atoms with Gasteiger partial charge in [-0.25, -0.2) is 4.79 Å². The third-order valence-corrected chi connectivity index (χ3v) is 4.57. The first kappa shape index (κ1) is 12.1. The number of hydrogen-bond donors (Lipinski definition) is 3. The Hall–Kier alpha value is -1.36. The summed E-state index contributed by atoms with van der Waals surface area (Å²) in [5.74, 6) is -0.950. The molecule has 0 amide bonds. The largest absolute Gasteiger partial charge is 0.478 e. The van der Waals surface area contributed by atoms with Gasteiger partial charge in [0, 0.05) is 11.3 Å². The van der Waals surface area contributed by atoms with Gasteiger partial charge in [0.15, 0.2) is 0 Å². The van der Waals surface area contributed by atoms with Crippen molar-refractivity contribution in [1.29, 1.82) is 0 Å². The van der Waals surface area contributed by atoms with Crippen LogP contribution in [0.15, 0.2) is 18.2 Å². The minimum absolute atomic E-state index is 0.238. The molecule has 0 aromatic heterocycles. The predicted molar refractivity (Wildman–Crippen MR) is 71.8 cm³/mol. The number of nitrogens with one attached hydrogen (secondary N) is 1. The highest BCUT2D eigenvalue weighted by molar-refractivity contribution is 8.00. The summed E-state index contributed by atoms with van der Waals surface area (Å²) in [5.41, 5.74) is 7.09. The third-order valence-electron chi connectivity index (χ3n) is 3.16. The van der Waals surface area contributed by atoms with Gasteiger partial charge >= 0.3 is 5.97 Å². The molecule has 4 nitrogen and oxygen atoms in total. The molecule has 1 aliphatic rings. The van der Waals surface area contributed by atoms with Crippen molar-refractivity contribution in [3.05, 3.63) is 23.8 Å². The fourth-order valence-corrected chi connectivity index (χ4v) is 2.51. The molecule has 0 saturated heterocycles. The lowest BCUT2D eigenvalue weighted by atomic mass is 10.1. The van der Waals surface area contributed by atoms with E-state index in [1.54, 1.807) is 18.2 Å². The van der Waals surface area contributed by atoms with E-state index >= 15 is 0 Å². The van der Waals surface area contributed by atoms with Crippen LogP contribution in [0.5, 0.6) is 0 Å². The lowest BCUT2D eigenvalue weighted by Gasteiger charge is -2.17. The van der Waals surface area contributed by atoms with Gasteiger partial charge in [-0.1, -0.05) is 6.07 Å². The number of anilines is 2. The molecule has 5 heteroatoms. The maximum atomic E-state index is 11.1. The number of nitrogens with two attached hydrogens (primary N) is 1. The third kappa shape index (κ3) is 2.49. The molecular formula is C12H16N2O2S. The predicted octanol–water partition coefficient (Wildman–Crippen LogP) is 2.27. The molecule has 0 radical (unpaired) electrons. The van der Waals surface area contributed by atoms with Crippen LogP contribution in [0, 0.1) is 0 Å². The number of nitrogen functional groups attached to an aromatic ring is 1. The second-order valence-corrected chi connectivity index (χ2v) is 5.59. The Labute approximate surface area is 105 Å². The Bertz CT molecular complexity index is 444. The molecule has 1 aromatic rings. The highest BCUT2D eigenvalue weighted by Gasteiger charge is 2.41. The molecule has 17 heavy (non-hydrogen) atoms. The van der Waals surface area contributed by atoms with Crippen LogP contribution in [-0.4, -0.2) is 28.6 Å². The molecule has 0 unspecified atom stereocenters. The first-order valence-electron chi connectivity index (χ1n) is 5.49. The van der Waals surface area contributed by atoms with Gasteiger partial charge < -0.3 is 16.2 Å². The summed E-state index contributed by atoms with van der Waals surface area (Å²) in [5, 5.41) is 12.3. The van der Waals surface area contributed by atoms with Crippen molar-refractivity contribution in [2.75, 3.05) is 23.9 Å². The quantitative estimate of drug-likeness (QED) is 0.701. The number of hydrogen-bond acceptors (Lipinski definition) is 4. The summed E-state index contributed by atoms with van der Waals surface area (Å²) in [6.07, 6.45) is 4.44. The Morgan fingerprint density at radius 1 is 1.59 bits per heavy atom. The number of para-hydroxylation sites is 1. The van der Waals surface area contributed by atoms with E-state index in [-0.39, 0.29) is 10.3 Å². The lowest BCUT2D eigenvalue weighted by molar-refractivity contribution is 0.0698. The molecule has 92 valence electrons. The standard InChI is InChI=1S/C12H16N2O2S/c1-17-12(5-6-12)7-14-10-8(11(15)16)3-2-4-9(10)13/h2-4,14H,5-7,13H2,1H3,(H,15,16). The van der Waals surface area contributed by atoms with E-state index in [1.807, 2.05) is 11.8 Å². The van der Waals surface area contributed by atoms with Crippen LogP contribution in [0.4, 0.5) is 11.4 Å². The monoisotopic (exact) mass is 252 g/mol. The second-order valence-electron chi connectivity index (χ2n) is 4.32. The van der Waals surface area contributed by atoms with Crippen LogP contribution in [0.1, 0.15) is 23.2 Å². The van der Waals surface area contributed by atoms with E-state index in [0.29, 0.717) is 11.4 Å². The van der Waals surface area contributed by atoms with Gasteiger partial charge in [-0.15, -0.1) is 0 Å². The van der Waals surface area contributed by atoms with Gasteiger partial charge in [-0.3, -0.25) is 0 Å². The summed E-state index contributed by atoms with van der Waals surface area (Å²) in [7, 11) is 0. The van der Waals surface area contributed by atoms with Crippen LogP contribution in [0.25, 0.3) is 0 Å². The van der Waals surface area contributed by atoms with Crippen LogP contribution < -0.4 is 11.1 Å². The van der Waals surface area contributed by atoms with Gasteiger partial charge in [-0.2, -0.15) is 11.8 Å². The lowest BCUT2D eigenvalue weighted by Crippen LogP contribution is -2.19. The molecular weight excluding hydrogens is 236 g/mol.